The van der Waals surface area contributed by atoms with Gasteiger partial charge in [0.2, 0.25) is 17.3 Å². The van der Waals surface area contributed by atoms with Gasteiger partial charge in [0.25, 0.3) is 5.56 Å². The Morgan fingerprint density at radius 1 is 1.29 bits per heavy atom. The lowest BCUT2D eigenvalue weighted by atomic mass is 9.77. The van der Waals surface area contributed by atoms with Crippen LogP contribution < -0.4 is 11.3 Å². The minimum atomic E-state index is -5.05. The predicted octanol–water partition coefficient (Wildman–Crippen LogP) is -1.31. The van der Waals surface area contributed by atoms with E-state index in [1.807, 2.05) is 0 Å². The molecule has 3 heterocycles. The Hall–Kier alpha value is -2.52. The van der Waals surface area contributed by atoms with Crippen LogP contribution in [-0.2, 0) is 29.1 Å². The summed E-state index contributed by atoms with van der Waals surface area (Å²) in [6.07, 6.45) is -3.03. The van der Waals surface area contributed by atoms with Crippen LogP contribution in [0, 0.1) is 0 Å². The fourth-order valence-electron chi connectivity index (χ4n) is 4.12. The molecule has 4 atom stereocenters. The molecule has 2 aromatic rings. The molecule has 7 N–H and O–H groups in total. The highest BCUT2D eigenvalue weighted by atomic mass is 31.2. The van der Waals surface area contributed by atoms with Crippen molar-refractivity contribution in [2.45, 2.75) is 63.1 Å². The van der Waals surface area contributed by atoms with Gasteiger partial charge in [0.05, 0.1) is 6.61 Å². The van der Waals surface area contributed by atoms with Crippen LogP contribution in [0.2, 0.25) is 0 Å². The second-order valence-corrected chi connectivity index (χ2v) is 9.12. The molecule has 3 rings (SSSR count). The number of carbonyl (C=O) groups excluding carboxylic acids is 2. The number of aromatic nitrogens is 4. The molecule has 0 unspecified atom stereocenters. The van der Waals surface area contributed by atoms with Crippen molar-refractivity contribution in [3.05, 3.63) is 16.7 Å². The number of hydrogen-bond acceptors (Lipinski definition) is 11. The Kier molecular flexibility index (Phi) is 7.11. The van der Waals surface area contributed by atoms with Crippen molar-refractivity contribution in [2.75, 3.05) is 12.3 Å². The van der Waals surface area contributed by atoms with Crippen LogP contribution in [0.25, 0.3) is 11.2 Å². The normalized spacial score (nSPS) is 27.4. The molecule has 0 aromatic carbocycles. The number of aromatic amines is 1. The number of H-pyrrole nitrogens is 1. The number of phosphoric acid groups is 1. The average molecular weight is 503 g/mol. The van der Waals surface area contributed by atoms with Crippen molar-refractivity contribution < 1.29 is 43.4 Å². The third kappa shape index (κ3) is 4.09. The van der Waals surface area contributed by atoms with Crippen LogP contribution in [0.1, 0.15) is 39.5 Å². The van der Waals surface area contributed by atoms with Crippen molar-refractivity contribution in [3.63, 3.8) is 0 Å². The number of hydrogen-bond donors (Lipinski definition) is 6. The Bertz CT molecular complexity index is 1210. The first-order valence-corrected chi connectivity index (χ1v) is 11.9. The molecule has 0 bridgehead atoms. The van der Waals surface area contributed by atoms with Gasteiger partial charge in [-0.15, -0.1) is 0 Å². The molecule has 0 amide bonds. The zero-order valence-corrected chi connectivity index (χ0v) is 19.3. The number of nitrogens with zero attached hydrogens (tertiary/aromatic N) is 3. The van der Waals surface area contributed by atoms with Crippen molar-refractivity contribution in [1.29, 1.82) is 0 Å². The van der Waals surface area contributed by atoms with E-state index < -0.39 is 55.1 Å². The van der Waals surface area contributed by atoms with E-state index in [2.05, 4.69) is 19.5 Å². The summed E-state index contributed by atoms with van der Waals surface area (Å²) in [5, 5.41) is 22.8. The van der Waals surface area contributed by atoms with Crippen LogP contribution in [-0.4, -0.2) is 75.5 Å². The molecule has 188 valence electrons. The van der Waals surface area contributed by atoms with Gasteiger partial charge in [-0.3, -0.25) is 28.5 Å². The van der Waals surface area contributed by atoms with Gasteiger partial charge in [-0.1, -0.05) is 13.8 Å². The number of Topliss-reactive ketones (excluding diaryl/α,β-unsaturated/α-hetero) is 2. The Balaban J connectivity index is 2.34. The number of nitrogen functional groups attached to an aromatic ring is 1. The van der Waals surface area contributed by atoms with Crippen LogP contribution >= 0.6 is 7.82 Å². The van der Waals surface area contributed by atoms with E-state index >= 15 is 0 Å². The molecule has 0 radical (unpaired) electrons. The molecule has 2 aromatic heterocycles. The van der Waals surface area contributed by atoms with Crippen molar-refractivity contribution in [2.24, 2.45) is 0 Å². The molecule has 0 saturated carbocycles. The molecular formula is C18H26N5O10P. The number of ketones is 2. The predicted molar refractivity (Wildman–Crippen MR) is 114 cm³/mol. The van der Waals surface area contributed by atoms with Crippen molar-refractivity contribution in [3.8, 4) is 0 Å². The maximum atomic E-state index is 13.6. The minimum Gasteiger partial charge on any atom is -0.387 e. The summed E-state index contributed by atoms with van der Waals surface area (Å²) in [5.74, 6) is -2.22. The molecule has 1 aliphatic rings. The minimum absolute atomic E-state index is 0.227. The zero-order valence-electron chi connectivity index (χ0n) is 18.4. The average Bonchev–Trinajstić information content (AvgIpc) is 3.26. The van der Waals surface area contributed by atoms with Crippen molar-refractivity contribution in [1.82, 2.24) is 19.5 Å². The van der Waals surface area contributed by atoms with Gasteiger partial charge in [-0.2, -0.15) is 4.98 Å². The summed E-state index contributed by atoms with van der Waals surface area (Å²) in [5.41, 5.74) is -1.41. The number of anilines is 1. The summed E-state index contributed by atoms with van der Waals surface area (Å²) in [7, 11) is -5.05. The van der Waals surface area contributed by atoms with Crippen LogP contribution in [0.15, 0.2) is 11.1 Å². The van der Waals surface area contributed by atoms with Gasteiger partial charge in [0.15, 0.2) is 22.7 Å². The number of aliphatic hydroxyl groups excluding tert-OH is 1. The summed E-state index contributed by atoms with van der Waals surface area (Å²) >= 11 is 0. The molecule has 34 heavy (non-hydrogen) atoms. The summed E-state index contributed by atoms with van der Waals surface area (Å²) < 4.78 is 22.3. The van der Waals surface area contributed by atoms with Gasteiger partial charge in [-0.25, -0.2) is 9.55 Å². The smallest absolute Gasteiger partial charge is 0.387 e. The van der Waals surface area contributed by atoms with E-state index in [4.69, 9.17) is 20.3 Å². The van der Waals surface area contributed by atoms with Gasteiger partial charge in [0.1, 0.15) is 18.5 Å². The molecule has 1 saturated heterocycles. The highest BCUT2D eigenvalue weighted by Gasteiger charge is 2.73. The number of phosphoric ester groups is 1. The quantitative estimate of drug-likeness (QED) is 0.207. The van der Waals surface area contributed by atoms with Gasteiger partial charge in [-0.05, 0) is 12.8 Å². The number of rotatable bonds is 10. The van der Waals surface area contributed by atoms with E-state index in [1.165, 1.54) is 0 Å². The number of fused-ring (bicyclic) bond motifs is 1. The fourth-order valence-corrected chi connectivity index (χ4v) is 4.46. The highest BCUT2D eigenvalue weighted by molar-refractivity contribution is 7.46. The maximum Gasteiger partial charge on any atom is 0.469 e. The number of aliphatic hydroxyl groups is 2. The van der Waals surface area contributed by atoms with Crippen LogP contribution in [0.4, 0.5) is 5.95 Å². The number of imidazole rings is 1. The van der Waals surface area contributed by atoms with Crippen LogP contribution in [0.5, 0.6) is 0 Å². The standard InChI is InChI=1S/C18H26N5O10P/c1-3-5-10(24)17(28)13(26)9(7-32-34(29,30)31)33-18(17,11(25)6-4-2)23-8-20-12-14(23)21-16(19)22-15(12)27/h8-9,13,26,28H,3-7H2,1-2H3,(H2,29,30,31)(H3,19,21,22,27)/t9-,13-,17-,18-/m1/s1. The number of carbonyl (C=O) groups is 2. The molecule has 1 fully saturated rings. The number of nitrogens with two attached hydrogens (primary N) is 1. The van der Waals surface area contributed by atoms with Gasteiger partial charge < -0.3 is 30.5 Å². The lowest BCUT2D eigenvalue weighted by Gasteiger charge is -2.40. The molecular weight excluding hydrogens is 477 g/mol. The summed E-state index contributed by atoms with van der Waals surface area (Å²) in [6.45, 7) is 2.30. The maximum absolute atomic E-state index is 13.6. The Morgan fingerprint density at radius 3 is 2.50 bits per heavy atom. The largest absolute Gasteiger partial charge is 0.469 e. The second-order valence-electron chi connectivity index (χ2n) is 7.88. The number of ether oxygens (including phenoxy) is 1. The third-order valence-electron chi connectivity index (χ3n) is 5.55. The fraction of sp³-hybridized carbons (Fsp3) is 0.611. The SMILES string of the molecule is CCCC(=O)[C@@]1(O)[C@H](O)[C@@H](COP(=O)(O)O)O[C@@]1(C(=O)CCC)n1cnc2c(=O)[nH]c(N)nc21. The van der Waals surface area contributed by atoms with E-state index in [-0.39, 0.29) is 42.8 Å². The first-order chi connectivity index (χ1) is 15.8. The second kappa shape index (κ2) is 9.26. The monoisotopic (exact) mass is 503 g/mol. The first-order valence-electron chi connectivity index (χ1n) is 10.4. The van der Waals surface area contributed by atoms with Gasteiger partial charge in [0, 0.05) is 12.8 Å². The first kappa shape index (κ1) is 26.1. The molecule has 1 aliphatic heterocycles. The van der Waals surface area contributed by atoms with Crippen LogP contribution in [0.3, 0.4) is 0 Å². The molecule has 15 nitrogen and oxygen atoms in total. The van der Waals surface area contributed by atoms with Crippen molar-refractivity contribution >= 4 is 36.5 Å². The molecule has 16 heteroatoms. The lowest BCUT2D eigenvalue weighted by molar-refractivity contribution is -0.201. The summed E-state index contributed by atoms with van der Waals surface area (Å²) in [4.78, 5) is 67.3. The van der Waals surface area contributed by atoms with E-state index in [1.54, 1.807) is 13.8 Å². The molecule has 0 spiro atoms. The lowest BCUT2D eigenvalue weighted by Crippen LogP contribution is -2.66. The Labute approximate surface area is 192 Å². The Morgan fingerprint density at radius 2 is 1.91 bits per heavy atom. The zero-order chi connectivity index (χ0) is 25.5. The van der Waals surface area contributed by atoms with E-state index in [0.717, 1.165) is 10.9 Å². The topological polar surface area (TPSA) is 240 Å². The third-order valence-corrected chi connectivity index (χ3v) is 6.03. The number of nitrogens with one attached hydrogen (secondary N) is 1. The highest BCUT2D eigenvalue weighted by Crippen LogP contribution is 2.49. The van der Waals surface area contributed by atoms with Gasteiger partial charge >= 0.3 is 7.82 Å². The van der Waals surface area contributed by atoms with E-state index in [9.17, 15) is 29.2 Å². The van der Waals surface area contributed by atoms with E-state index in [0.29, 0.717) is 0 Å². The molecule has 0 aliphatic carbocycles. The summed E-state index contributed by atoms with van der Waals surface area (Å²) in [6, 6.07) is 0.